The first-order valence-corrected chi connectivity index (χ1v) is 7.19. The van der Waals surface area contributed by atoms with E-state index in [0.29, 0.717) is 0 Å². The van der Waals surface area contributed by atoms with E-state index in [4.69, 9.17) is 5.11 Å². The molecule has 0 saturated heterocycles. The molecule has 19 heavy (non-hydrogen) atoms. The number of unbranched alkanes of at least 4 members (excludes halogenated alkanes) is 1. The molecule has 0 amide bonds. The highest BCUT2D eigenvalue weighted by molar-refractivity contribution is 5.69. The molecule has 1 aliphatic rings. The van der Waals surface area contributed by atoms with Gasteiger partial charge in [0.15, 0.2) is 0 Å². The van der Waals surface area contributed by atoms with Gasteiger partial charge in [0.25, 0.3) is 0 Å². The van der Waals surface area contributed by atoms with Gasteiger partial charge in [-0.15, -0.1) is 0 Å². The third-order valence-corrected chi connectivity index (χ3v) is 3.99. The maximum absolute atomic E-state index is 10.7. The molecule has 0 aromatic heterocycles. The minimum absolute atomic E-state index is 0.206. The zero-order valence-electron chi connectivity index (χ0n) is 11.6. The minimum Gasteiger partial charge on any atom is -0.481 e. The highest BCUT2D eigenvalue weighted by Gasteiger charge is 2.15. The number of aliphatic carboxylic acids is 1. The maximum Gasteiger partial charge on any atom is 0.306 e. The number of carboxylic acids is 1. The third kappa shape index (κ3) is 4.06. The van der Waals surface area contributed by atoms with Gasteiger partial charge in [-0.1, -0.05) is 37.6 Å². The van der Waals surface area contributed by atoms with Crippen LogP contribution in [0.15, 0.2) is 24.3 Å². The van der Waals surface area contributed by atoms with Gasteiger partial charge in [0.05, 0.1) is 5.92 Å². The van der Waals surface area contributed by atoms with Gasteiger partial charge in [-0.05, 0) is 36.9 Å². The van der Waals surface area contributed by atoms with Gasteiger partial charge in [-0.2, -0.15) is 0 Å². The van der Waals surface area contributed by atoms with Gasteiger partial charge >= 0.3 is 5.97 Å². The average molecular weight is 261 g/mol. The van der Waals surface area contributed by atoms with Crippen LogP contribution in [0.4, 0.5) is 0 Å². The van der Waals surface area contributed by atoms with Crippen LogP contribution in [0.3, 0.4) is 0 Å². The van der Waals surface area contributed by atoms with E-state index in [-0.39, 0.29) is 5.92 Å². The first kappa shape index (κ1) is 14.1. The van der Waals surface area contributed by atoms with E-state index >= 15 is 0 Å². The molecule has 0 saturated carbocycles. The van der Waals surface area contributed by atoms with Crippen molar-refractivity contribution < 1.29 is 9.90 Å². The van der Waals surface area contributed by atoms with Crippen molar-refractivity contribution in [1.29, 1.82) is 0 Å². The van der Waals surface area contributed by atoms with Crippen molar-refractivity contribution in [3.63, 3.8) is 0 Å². The Hall–Kier alpha value is -1.35. The van der Waals surface area contributed by atoms with E-state index in [1.807, 2.05) is 0 Å². The summed E-state index contributed by atoms with van der Waals surface area (Å²) in [6.07, 6.45) is 4.03. The number of carboxylic acid groups (broad SMARTS) is 1. The van der Waals surface area contributed by atoms with E-state index in [0.717, 1.165) is 45.3 Å². The second-order valence-corrected chi connectivity index (χ2v) is 5.53. The fourth-order valence-corrected chi connectivity index (χ4v) is 2.65. The molecule has 104 valence electrons. The lowest BCUT2D eigenvalue weighted by molar-refractivity contribution is -0.141. The van der Waals surface area contributed by atoms with Crippen molar-refractivity contribution in [3.05, 3.63) is 35.4 Å². The minimum atomic E-state index is -0.674. The van der Waals surface area contributed by atoms with E-state index in [1.54, 1.807) is 6.92 Å². The Morgan fingerprint density at radius 3 is 2.79 bits per heavy atom. The summed E-state index contributed by atoms with van der Waals surface area (Å²) in [5, 5.41) is 8.83. The normalized spacial score (nSPS) is 16.9. The second-order valence-electron chi connectivity index (χ2n) is 5.53. The highest BCUT2D eigenvalue weighted by atomic mass is 16.4. The number of hydrogen-bond donors (Lipinski definition) is 1. The van der Waals surface area contributed by atoms with E-state index in [1.165, 1.54) is 11.1 Å². The molecule has 1 unspecified atom stereocenters. The molecule has 1 atom stereocenters. The molecule has 1 heterocycles. The fourth-order valence-electron chi connectivity index (χ4n) is 2.65. The van der Waals surface area contributed by atoms with Crippen LogP contribution >= 0.6 is 0 Å². The average Bonchev–Trinajstić information content (AvgIpc) is 2.43. The summed E-state index contributed by atoms with van der Waals surface area (Å²) in [5.74, 6) is -0.881. The topological polar surface area (TPSA) is 40.5 Å². The van der Waals surface area contributed by atoms with Crippen LogP contribution in [0.5, 0.6) is 0 Å². The Morgan fingerprint density at radius 1 is 1.32 bits per heavy atom. The van der Waals surface area contributed by atoms with Crippen LogP contribution in [0.1, 0.15) is 37.3 Å². The van der Waals surface area contributed by atoms with Gasteiger partial charge in [0, 0.05) is 13.1 Å². The molecule has 1 aliphatic heterocycles. The molecule has 0 bridgehead atoms. The Balaban J connectivity index is 1.70. The summed E-state index contributed by atoms with van der Waals surface area (Å²) >= 11 is 0. The molecule has 2 rings (SSSR count). The van der Waals surface area contributed by atoms with Crippen LogP contribution in [-0.4, -0.2) is 29.1 Å². The second kappa shape index (κ2) is 6.71. The summed E-state index contributed by atoms with van der Waals surface area (Å²) in [6, 6.07) is 8.66. The summed E-state index contributed by atoms with van der Waals surface area (Å²) in [5.41, 5.74) is 2.94. The monoisotopic (exact) mass is 261 g/mol. The Kier molecular flexibility index (Phi) is 4.97. The predicted molar refractivity (Wildman–Crippen MR) is 76.1 cm³/mol. The molecule has 0 spiro atoms. The van der Waals surface area contributed by atoms with Crippen LogP contribution < -0.4 is 0 Å². The predicted octanol–water partition coefficient (Wildman–Crippen LogP) is 2.94. The molecule has 1 aromatic rings. The van der Waals surface area contributed by atoms with Crippen LogP contribution in [0.25, 0.3) is 0 Å². The number of benzene rings is 1. The van der Waals surface area contributed by atoms with Crippen molar-refractivity contribution in [2.45, 2.75) is 39.2 Å². The molecule has 3 nitrogen and oxygen atoms in total. The maximum atomic E-state index is 10.7. The first-order valence-electron chi connectivity index (χ1n) is 7.19. The summed E-state index contributed by atoms with van der Waals surface area (Å²) in [6.45, 7) is 5.05. The van der Waals surface area contributed by atoms with Crippen LogP contribution in [0, 0.1) is 5.92 Å². The van der Waals surface area contributed by atoms with E-state index < -0.39 is 5.97 Å². The number of rotatable bonds is 6. The standard InChI is InChI=1S/C16H23NO2/c1-13(16(18)19)6-4-5-10-17-11-9-14-7-2-3-8-15(14)12-17/h2-3,7-8,13H,4-6,9-12H2,1H3,(H,18,19). The highest BCUT2D eigenvalue weighted by Crippen LogP contribution is 2.19. The molecule has 0 aliphatic carbocycles. The first-order chi connectivity index (χ1) is 9.16. The molecule has 1 N–H and O–H groups in total. The SMILES string of the molecule is CC(CCCCN1CCc2ccccc2C1)C(=O)O. The van der Waals surface area contributed by atoms with Crippen molar-refractivity contribution in [2.24, 2.45) is 5.92 Å². The van der Waals surface area contributed by atoms with Gasteiger partial charge in [0.2, 0.25) is 0 Å². The lowest BCUT2D eigenvalue weighted by atomic mass is 9.99. The number of fused-ring (bicyclic) bond motifs is 1. The number of carbonyl (C=O) groups is 1. The smallest absolute Gasteiger partial charge is 0.306 e. The Bertz CT molecular complexity index is 431. The van der Waals surface area contributed by atoms with E-state index in [2.05, 4.69) is 29.2 Å². The van der Waals surface area contributed by atoms with Crippen molar-refractivity contribution in [3.8, 4) is 0 Å². The van der Waals surface area contributed by atoms with Crippen molar-refractivity contribution >= 4 is 5.97 Å². The molecule has 0 fully saturated rings. The number of hydrogen-bond acceptors (Lipinski definition) is 2. The fraction of sp³-hybridized carbons (Fsp3) is 0.562. The Morgan fingerprint density at radius 2 is 2.05 bits per heavy atom. The van der Waals surface area contributed by atoms with Crippen molar-refractivity contribution in [2.75, 3.05) is 13.1 Å². The zero-order chi connectivity index (χ0) is 13.7. The lowest BCUT2D eigenvalue weighted by Crippen LogP contribution is -2.31. The van der Waals surface area contributed by atoms with Gasteiger partial charge in [0.1, 0.15) is 0 Å². The van der Waals surface area contributed by atoms with Gasteiger partial charge in [-0.25, -0.2) is 0 Å². The van der Waals surface area contributed by atoms with E-state index in [9.17, 15) is 4.79 Å². The van der Waals surface area contributed by atoms with Crippen LogP contribution in [-0.2, 0) is 17.8 Å². The summed E-state index contributed by atoms with van der Waals surface area (Å²) in [4.78, 5) is 13.2. The quantitative estimate of drug-likeness (QED) is 0.800. The largest absolute Gasteiger partial charge is 0.481 e. The lowest BCUT2D eigenvalue weighted by Gasteiger charge is -2.28. The third-order valence-electron chi connectivity index (χ3n) is 3.99. The van der Waals surface area contributed by atoms with Gasteiger partial charge in [-0.3, -0.25) is 9.69 Å². The molecule has 1 aromatic carbocycles. The van der Waals surface area contributed by atoms with Crippen LogP contribution in [0.2, 0.25) is 0 Å². The van der Waals surface area contributed by atoms with Gasteiger partial charge < -0.3 is 5.11 Å². The van der Waals surface area contributed by atoms with Crippen molar-refractivity contribution in [1.82, 2.24) is 4.90 Å². The molecule has 0 radical (unpaired) electrons. The summed E-state index contributed by atoms with van der Waals surface area (Å²) in [7, 11) is 0. The zero-order valence-corrected chi connectivity index (χ0v) is 11.6. The summed E-state index contributed by atoms with van der Waals surface area (Å²) < 4.78 is 0. The number of nitrogens with zero attached hydrogens (tertiary/aromatic N) is 1. The Labute approximate surface area is 115 Å². The molecular weight excluding hydrogens is 238 g/mol. The molecular formula is C16H23NO2. The molecule has 3 heteroatoms.